The first-order chi connectivity index (χ1) is 12.6. The molecule has 0 atom stereocenters. The first-order valence-electron chi connectivity index (χ1n) is 8.84. The van der Waals surface area contributed by atoms with Crippen LogP contribution in [0.15, 0.2) is 30.5 Å². The van der Waals surface area contributed by atoms with Crippen LogP contribution in [0.4, 0.5) is 20.4 Å². The minimum atomic E-state index is -0.320. The van der Waals surface area contributed by atoms with Crippen molar-refractivity contribution in [1.29, 1.82) is 0 Å². The third-order valence-corrected chi connectivity index (χ3v) is 5.58. The van der Waals surface area contributed by atoms with Crippen molar-refractivity contribution in [2.24, 2.45) is 0 Å². The predicted octanol–water partition coefficient (Wildman–Crippen LogP) is 3.40. The van der Waals surface area contributed by atoms with E-state index >= 15 is 0 Å². The highest BCUT2D eigenvalue weighted by Gasteiger charge is 2.52. The van der Waals surface area contributed by atoms with Crippen molar-refractivity contribution in [1.82, 2.24) is 15.2 Å². The summed E-state index contributed by atoms with van der Waals surface area (Å²) in [6.07, 6.45) is 3.43. The molecule has 134 valence electrons. The highest BCUT2D eigenvalue weighted by atomic mass is 19.1. The number of aryl methyl sites for hydroxylation is 1. The smallest absolute Gasteiger partial charge is 0.159 e. The zero-order valence-corrected chi connectivity index (χ0v) is 14.5. The molecule has 26 heavy (non-hydrogen) atoms. The lowest BCUT2D eigenvalue weighted by atomic mass is 10.1. The molecule has 5 rings (SSSR count). The van der Waals surface area contributed by atoms with Gasteiger partial charge in [0, 0.05) is 25.0 Å². The molecule has 2 fully saturated rings. The third-order valence-electron chi connectivity index (χ3n) is 5.58. The first-order valence-corrected chi connectivity index (χ1v) is 8.84. The summed E-state index contributed by atoms with van der Waals surface area (Å²) in [5, 5.41) is 8.49. The van der Waals surface area contributed by atoms with Crippen molar-refractivity contribution in [2.75, 3.05) is 29.4 Å². The van der Waals surface area contributed by atoms with Crippen LogP contribution in [0.25, 0.3) is 10.9 Å². The van der Waals surface area contributed by atoms with Crippen LogP contribution in [0.1, 0.15) is 18.4 Å². The Hall–Kier alpha value is -2.70. The number of fused-ring (bicyclic) bond motifs is 1. The van der Waals surface area contributed by atoms with Crippen molar-refractivity contribution in [3.8, 4) is 0 Å². The van der Waals surface area contributed by atoms with E-state index < -0.39 is 0 Å². The summed E-state index contributed by atoms with van der Waals surface area (Å²) in [7, 11) is 0. The number of pyridine rings is 1. The third kappa shape index (κ3) is 2.34. The second-order valence-electron chi connectivity index (χ2n) is 7.32. The van der Waals surface area contributed by atoms with Gasteiger partial charge in [-0.05, 0) is 49.6 Å². The van der Waals surface area contributed by atoms with E-state index in [1.807, 2.05) is 6.92 Å². The van der Waals surface area contributed by atoms with Gasteiger partial charge in [-0.2, -0.15) is 5.10 Å². The van der Waals surface area contributed by atoms with E-state index in [0.717, 1.165) is 60.6 Å². The number of hydrogen-bond donors (Lipinski definition) is 1. The van der Waals surface area contributed by atoms with Crippen LogP contribution in [0, 0.1) is 18.6 Å². The number of rotatable bonds is 2. The van der Waals surface area contributed by atoms with Gasteiger partial charge in [0.15, 0.2) is 5.82 Å². The maximum atomic E-state index is 13.7. The van der Waals surface area contributed by atoms with Gasteiger partial charge in [-0.15, -0.1) is 0 Å². The summed E-state index contributed by atoms with van der Waals surface area (Å²) in [5.74, 6) is 1.14. The second kappa shape index (κ2) is 5.40. The molecule has 1 aliphatic carbocycles. The number of hydrogen-bond acceptors (Lipinski definition) is 4. The molecule has 2 aliphatic rings. The van der Waals surface area contributed by atoms with Gasteiger partial charge in [0.25, 0.3) is 0 Å². The molecule has 5 nitrogen and oxygen atoms in total. The van der Waals surface area contributed by atoms with Crippen LogP contribution >= 0.6 is 0 Å². The van der Waals surface area contributed by atoms with Crippen LogP contribution in [0.5, 0.6) is 0 Å². The lowest BCUT2D eigenvalue weighted by Crippen LogP contribution is -2.55. The molecule has 1 N–H and O–H groups in total. The number of nitrogens with one attached hydrogen (secondary N) is 1. The average Bonchev–Trinajstić information content (AvgIpc) is 3.24. The molecule has 0 radical (unpaired) electrons. The van der Waals surface area contributed by atoms with Crippen LogP contribution in [-0.2, 0) is 0 Å². The summed E-state index contributed by atoms with van der Waals surface area (Å²) < 4.78 is 26.8. The average molecular weight is 355 g/mol. The van der Waals surface area contributed by atoms with E-state index in [4.69, 9.17) is 0 Å². The SMILES string of the molecule is Cc1cc(F)cc2[nH]nc(N3CCN(c4ccc(F)cn4)CC34CC4)c12. The predicted molar refractivity (Wildman–Crippen MR) is 96.5 cm³/mol. The number of piperazine rings is 1. The van der Waals surface area contributed by atoms with Gasteiger partial charge in [0.2, 0.25) is 0 Å². The van der Waals surface area contributed by atoms with E-state index in [2.05, 4.69) is 25.0 Å². The molecule has 0 bridgehead atoms. The Kier molecular flexibility index (Phi) is 3.23. The Balaban J connectivity index is 1.48. The van der Waals surface area contributed by atoms with Crippen molar-refractivity contribution in [3.63, 3.8) is 0 Å². The van der Waals surface area contributed by atoms with Gasteiger partial charge in [0.05, 0.1) is 17.3 Å². The maximum Gasteiger partial charge on any atom is 0.159 e. The van der Waals surface area contributed by atoms with Crippen molar-refractivity contribution in [3.05, 3.63) is 47.7 Å². The van der Waals surface area contributed by atoms with E-state index in [9.17, 15) is 8.78 Å². The number of aromatic nitrogens is 3. The summed E-state index contributed by atoms with van der Waals surface area (Å²) in [4.78, 5) is 8.80. The molecule has 0 unspecified atom stereocenters. The number of H-pyrrole nitrogens is 1. The number of halogens is 2. The molecule has 0 amide bonds. The van der Waals surface area contributed by atoms with E-state index in [1.165, 1.54) is 18.3 Å². The highest BCUT2D eigenvalue weighted by Crippen LogP contribution is 2.48. The molecular formula is C19H19F2N5. The van der Waals surface area contributed by atoms with Gasteiger partial charge in [-0.3, -0.25) is 5.10 Å². The summed E-state index contributed by atoms with van der Waals surface area (Å²) in [6, 6.07) is 6.24. The number of anilines is 2. The summed E-state index contributed by atoms with van der Waals surface area (Å²) in [5.41, 5.74) is 1.65. The Morgan fingerprint density at radius 2 is 1.96 bits per heavy atom. The van der Waals surface area contributed by atoms with Crippen LogP contribution in [0.3, 0.4) is 0 Å². The fourth-order valence-corrected chi connectivity index (χ4v) is 4.12. The lowest BCUT2D eigenvalue weighted by molar-refractivity contribution is 0.502. The van der Waals surface area contributed by atoms with Gasteiger partial charge < -0.3 is 9.80 Å². The van der Waals surface area contributed by atoms with Crippen LogP contribution in [0.2, 0.25) is 0 Å². The molecule has 3 aromatic rings. The quantitative estimate of drug-likeness (QED) is 0.765. The normalized spacial score (nSPS) is 18.7. The van der Waals surface area contributed by atoms with E-state index in [-0.39, 0.29) is 17.2 Å². The molecule has 1 aromatic carbocycles. The fraction of sp³-hybridized carbons (Fsp3) is 0.368. The zero-order chi connectivity index (χ0) is 17.9. The molecule has 1 saturated heterocycles. The molecule has 1 saturated carbocycles. The first kappa shape index (κ1) is 15.5. The Bertz CT molecular complexity index is 978. The van der Waals surface area contributed by atoms with Crippen LogP contribution < -0.4 is 9.80 Å². The lowest BCUT2D eigenvalue weighted by Gasteiger charge is -2.43. The molecule has 1 aliphatic heterocycles. The standard InChI is InChI=1S/C19H19F2N5/c1-12-8-14(21)9-15-17(12)18(24-23-15)26-7-6-25(11-19(26)4-5-19)16-3-2-13(20)10-22-16/h2-3,8-10H,4-7,11H2,1H3,(H,23,24). The number of aromatic amines is 1. The van der Waals surface area contributed by atoms with Crippen LogP contribution in [-0.4, -0.2) is 40.4 Å². The molecule has 3 heterocycles. The molecule has 1 spiro atoms. The highest BCUT2D eigenvalue weighted by molar-refractivity contribution is 5.93. The summed E-state index contributed by atoms with van der Waals surface area (Å²) >= 11 is 0. The Morgan fingerprint density at radius 3 is 2.69 bits per heavy atom. The molecule has 7 heteroatoms. The number of benzene rings is 1. The monoisotopic (exact) mass is 355 g/mol. The fourth-order valence-electron chi connectivity index (χ4n) is 4.12. The molecular weight excluding hydrogens is 336 g/mol. The second-order valence-corrected chi connectivity index (χ2v) is 7.32. The Labute approximate surface area is 149 Å². The van der Waals surface area contributed by atoms with Crippen molar-refractivity contribution in [2.45, 2.75) is 25.3 Å². The maximum absolute atomic E-state index is 13.7. The van der Waals surface area contributed by atoms with Crippen molar-refractivity contribution < 1.29 is 8.78 Å². The minimum Gasteiger partial charge on any atom is -0.352 e. The largest absolute Gasteiger partial charge is 0.352 e. The minimum absolute atomic E-state index is 0.0251. The topological polar surface area (TPSA) is 48.1 Å². The van der Waals surface area contributed by atoms with E-state index in [1.54, 1.807) is 12.1 Å². The zero-order valence-electron chi connectivity index (χ0n) is 14.5. The molecule has 2 aromatic heterocycles. The van der Waals surface area contributed by atoms with Crippen molar-refractivity contribution >= 4 is 22.5 Å². The number of nitrogens with zero attached hydrogens (tertiary/aromatic N) is 4. The summed E-state index contributed by atoms with van der Waals surface area (Å²) in [6.45, 7) is 4.34. The van der Waals surface area contributed by atoms with Gasteiger partial charge in [0.1, 0.15) is 17.5 Å². The Morgan fingerprint density at radius 1 is 1.12 bits per heavy atom. The van der Waals surface area contributed by atoms with Gasteiger partial charge >= 0.3 is 0 Å². The van der Waals surface area contributed by atoms with E-state index in [0.29, 0.717) is 0 Å². The van der Waals surface area contributed by atoms with Gasteiger partial charge in [-0.25, -0.2) is 13.8 Å². The van der Waals surface area contributed by atoms with Gasteiger partial charge in [-0.1, -0.05) is 0 Å².